The molecule has 0 bridgehead atoms. The number of carbonyl (C=O) groups is 1. The molecular formula is C11H15NO. The monoisotopic (exact) mass is 177 g/mol. The number of carbonyl (C=O) groups excluding carboxylic acids is 1. The van der Waals surface area contributed by atoms with Gasteiger partial charge in [-0.2, -0.15) is 0 Å². The molecule has 0 aliphatic heterocycles. The summed E-state index contributed by atoms with van der Waals surface area (Å²) >= 11 is 0. The molecule has 0 rings (SSSR count). The molecule has 0 atom stereocenters. The second-order valence-electron chi connectivity index (χ2n) is 2.72. The number of hydrogen-bond acceptors (Lipinski definition) is 1. The Labute approximate surface area is 80.1 Å². The molecule has 2 heteroatoms. The van der Waals surface area contributed by atoms with Crippen LogP contribution in [0.3, 0.4) is 0 Å². The summed E-state index contributed by atoms with van der Waals surface area (Å²) < 4.78 is 0. The first-order chi connectivity index (χ1) is 6.31. The third-order valence-corrected chi connectivity index (χ3v) is 1.57. The fraction of sp³-hybridized carbons (Fsp3) is 0.545. The van der Waals surface area contributed by atoms with Gasteiger partial charge in [0, 0.05) is 25.8 Å². The summed E-state index contributed by atoms with van der Waals surface area (Å²) in [6, 6.07) is 0. The molecule has 2 nitrogen and oxygen atoms in total. The van der Waals surface area contributed by atoms with E-state index in [1.807, 2.05) is 0 Å². The molecule has 0 unspecified atom stereocenters. The van der Waals surface area contributed by atoms with Crippen LogP contribution in [0.15, 0.2) is 0 Å². The molecule has 0 aromatic heterocycles. The Balaban J connectivity index is 3.22. The maximum atomic E-state index is 11.0. The van der Waals surface area contributed by atoms with Crippen LogP contribution in [0, 0.1) is 24.7 Å². The number of nitrogens with one attached hydrogen (secondary N) is 1. The first-order valence-electron chi connectivity index (χ1n) is 4.45. The van der Waals surface area contributed by atoms with E-state index in [2.05, 4.69) is 17.2 Å². The maximum Gasteiger partial charge on any atom is 0.220 e. The number of hydrogen-bond donors (Lipinski definition) is 1. The molecule has 0 aromatic carbocycles. The van der Waals surface area contributed by atoms with E-state index in [9.17, 15) is 4.79 Å². The quantitative estimate of drug-likeness (QED) is 0.481. The highest BCUT2D eigenvalue weighted by Crippen LogP contribution is 1.98. The summed E-state index contributed by atoms with van der Waals surface area (Å²) in [7, 11) is 0. The van der Waals surface area contributed by atoms with Crippen molar-refractivity contribution in [3.8, 4) is 24.7 Å². The van der Waals surface area contributed by atoms with Gasteiger partial charge in [-0.1, -0.05) is 0 Å². The van der Waals surface area contributed by atoms with E-state index in [1.54, 1.807) is 0 Å². The standard InChI is InChI=1S/C11H15NO/c1-3-5-7-8-9-11(13)12-10-6-4-2/h1-2H,5-10H2,(H,12,13). The van der Waals surface area contributed by atoms with E-state index in [0.717, 1.165) is 19.3 Å². The second-order valence-corrected chi connectivity index (χ2v) is 2.72. The second kappa shape index (κ2) is 8.68. The van der Waals surface area contributed by atoms with Gasteiger partial charge in [-0.05, 0) is 12.8 Å². The van der Waals surface area contributed by atoms with Crippen LogP contribution in [0.25, 0.3) is 0 Å². The summed E-state index contributed by atoms with van der Waals surface area (Å²) in [6.07, 6.45) is 13.8. The Hall–Kier alpha value is -1.41. The third-order valence-electron chi connectivity index (χ3n) is 1.57. The zero-order valence-corrected chi connectivity index (χ0v) is 7.81. The van der Waals surface area contributed by atoms with Crippen molar-refractivity contribution < 1.29 is 4.79 Å². The van der Waals surface area contributed by atoms with Crippen molar-refractivity contribution >= 4 is 5.91 Å². The number of amides is 1. The smallest absolute Gasteiger partial charge is 0.220 e. The highest BCUT2D eigenvalue weighted by Gasteiger charge is 1.98. The van der Waals surface area contributed by atoms with Crippen LogP contribution >= 0.6 is 0 Å². The van der Waals surface area contributed by atoms with Crippen LogP contribution in [-0.2, 0) is 4.79 Å². The maximum absolute atomic E-state index is 11.0. The van der Waals surface area contributed by atoms with Crippen LogP contribution in [0.1, 0.15) is 32.1 Å². The van der Waals surface area contributed by atoms with Crippen molar-refractivity contribution in [1.82, 2.24) is 5.32 Å². The lowest BCUT2D eigenvalue weighted by Crippen LogP contribution is -2.23. The minimum Gasteiger partial charge on any atom is -0.355 e. The van der Waals surface area contributed by atoms with Crippen molar-refractivity contribution in [3.05, 3.63) is 0 Å². The molecule has 0 saturated heterocycles. The van der Waals surface area contributed by atoms with Gasteiger partial charge >= 0.3 is 0 Å². The van der Waals surface area contributed by atoms with Crippen LogP contribution in [0.2, 0.25) is 0 Å². The van der Waals surface area contributed by atoms with Gasteiger partial charge in [0.05, 0.1) is 0 Å². The normalized spacial score (nSPS) is 8.46. The fourth-order valence-electron chi connectivity index (χ4n) is 0.875. The van der Waals surface area contributed by atoms with Gasteiger partial charge in [0.25, 0.3) is 0 Å². The van der Waals surface area contributed by atoms with Crippen LogP contribution < -0.4 is 5.32 Å². The fourth-order valence-corrected chi connectivity index (χ4v) is 0.875. The molecular weight excluding hydrogens is 162 g/mol. The van der Waals surface area contributed by atoms with Gasteiger partial charge in [-0.25, -0.2) is 0 Å². The molecule has 0 radical (unpaired) electrons. The Bertz CT molecular complexity index is 219. The van der Waals surface area contributed by atoms with E-state index in [1.165, 1.54) is 0 Å². The first kappa shape index (κ1) is 11.6. The van der Waals surface area contributed by atoms with Crippen molar-refractivity contribution in [3.63, 3.8) is 0 Å². The number of unbranched alkanes of at least 4 members (excludes halogenated alkanes) is 2. The lowest BCUT2D eigenvalue weighted by molar-refractivity contribution is -0.121. The average Bonchev–Trinajstić information content (AvgIpc) is 2.13. The van der Waals surface area contributed by atoms with Crippen LogP contribution in [-0.4, -0.2) is 12.5 Å². The lowest BCUT2D eigenvalue weighted by atomic mass is 10.2. The largest absolute Gasteiger partial charge is 0.355 e. The molecule has 1 N–H and O–H groups in total. The van der Waals surface area contributed by atoms with E-state index in [4.69, 9.17) is 12.8 Å². The molecule has 0 fully saturated rings. The Morgan fingerprint density at radius 3 is 2.46 bits per heavy atom. The van der Waals surface area contributed by atoms with Gasteiger partial charge < -0.3 is 5.32 Å². The Kier molecular flexibility index (Phi) is 7.74. The molecule has 13 heavy (non-hydrogen) atoms. The van der Waals surface area contributed by atoms with Crippen LogP contribution in [0.4, 0.5) is 0 Å². The van der Waals surface area contributed by atoms with E-state index < -0.39 is 0 Å². The first-order valence-corrected chi connectivity index (χ1v) is 4.45. The summed E-state index contributed by atoms with van der Waals surface area (Å²) in [5.74, 6) is 5.06. The average molecular weight is 177 g/mol. The molecule has 0 aromatic rings. The summed E-state index contributed by atoms with van der Waals surface area (Å²) in [6.45, 7) is 0.574. The summed E-state index contributed by atoms with van der Waals surface area (Å²) in [5, 5.41) is 2.73. The minimum absolute atomic E-state index is 0.0623. The van der Waals surface area contributed by atoms with Gasteiger partial charge in [-0.15, -0.1) is 24.7 Å². The van der Waals surface area contributed by atoms with E-state index in [0.29, 0.717) is 19.4 Å². The van der Waals surface area contributed by atoms with Crippen molar-refractivity contribution in [2.24, 2.45) is 0 Å². The Morgan fingerprint density at radius 2 is 1.85 bits per heavy atom. The predicted molar refractivity (Wildman–Crippen MR) is 53.8 cm³/mol. The van der Waals surface area contributed by atoms with Crippen molar-refractivity contribution in [2.45, 2.75) is 32.1 Å². The molecule has 0 aliphatic rings. The highest BCUT2D eigenvalue weighted by atomic mass is 16.1. The van der Waals surface area contributed by atoms with Gasteiger partial charge in [0.2, 0.25) is 5.91 Å². The molecule has 0 spiro atoms. The van der Waals surface area contributed by atoms with Crippen molar-refractivity contribution in [2.75, 3.05) is 6.54 Å². The zero-order chi connectivity index (χ0) is 9.94. The molecule has 0 aliphatic carbocycles. The Morgan fingerprint density at radius 1 is 1.15 bits per heavy atom. The zero-order valence-electron chi connectivity index (χ0n) is 7.81. The SMILES string of the molecule is C#CCCCCC(=O)NCCC#C. The van der Waals surface area contributed by atoms with Gasteiger partial charge in [0.1, 0.15) is 0 Å². The van der Waals surface area contributed by atoms with Gasteiger partial charge in [0.15, 0.2) is 0 Å². The molecule has 70 valence electrons. The molecule has 0 heterocycles. The number of rotatable bonds is 6. The molecule has 1 amide bonds. The predicted octanol–water partition coefficient (Wildman–Crippen LogP) is 1.32. The van der Waals surface area contributed by atoms with Crippen LogP contribution in [0.5, 0.6) is 0 Å². The number of terminal acetylenes is 2. The summed E-state index contributed by atoms with van der Waals surface area (Å²) in [5.41, 5.74) is 0. The van der Waals surface area contributed by atoms with Gasteiger partial charge in [-0.3, -0.25) is 4.79 Å². The third kappa shape index (κ3) is 8.50. The lowest BCUT2D eigenvalue weighted by Gasteiger charge is -2.01. The summed E-state index contributed by atoms with van der Waals surface area (Å²) in [4.78, 5) is 11.0. The molecule has 0 saturated carbocycles. The highest BCUT2D eigenvalue weighted by molar-refractivity contribution is 5.75. The van der Waals surface area contributed by atoms with E-state index in [-0.39, 0.29) is 5.91 Å². The topological polar surface area (TPSA) is 29.1 Å². The minimum atomic E-state index is 0.0623. The van der Waals surface area contributed by atoms with E-state index >= 15 is 0 Å². The van der Waals surface area contributed by atoms with Crippen molar-refractivity contribution in [1.29, 1.82) is 0 Å².